The van der Waals surface area contributed by atoms with E-state index in [0.29, 0.717) is 4.47 Å². The molecule has 0 heterocycles. The zero-order valence-corrected chi connectivity index (χ0v) is 13.7. The summed E-state index contributed by atoms with van der Waals surface area (Å²) in [4.78, 5) is 21.8. The van der Waals surface area contributed by atoms with E-state index in [9.17, 15) is 19.3 Å². The van der Waals surface area contributed by atoms with E-state index in [-0.39, 0.29) is 22.1 Å². The summed E-state index contributed by atoms with van der Waals surface area (Å²) in [5.74, 6) is -1.26. The van der Waals surface area contributed by atoms with Gasteiger partial charge in [0.1, 0.15) is 0 Å². The van der Waals surface area contributed by atoms with Crippen LogP contribution in [-0.2, 0) is 4.79 Å². The molecule has 0 aliphatic heterocycles. The number of carbonyl (C=O) groups is 1. The van der Waals surface area contributed by atoms with Crippen LogP contribution in [0.5, 0.6) is 5.75 Å². The summed E-state index contributed by atoms with van der Waals surface area (Å²) in [5, 5.41) is 13.0. The highest BCUT2D eigenvalue weighted by Gasteiger charge is 2.12. The number of hydrogen-bond acceptors (Lipinski definition) is 4. The monoisotopic (exact) mass is 402 g/mol. The molecule has 2 aromatic carbocycles. The first-order valence-electron chi connectivity index (χ1n) is 6.18. The lowest BCUT2D eigenvalue weighted by atomic mass is 10.3. The Hall–Kier alpha value is -2.19. The molecule has 0 saturated carbocycles. The molecule has 0 atom stereocenters. The molecule has 23 heavy (non-hydrogen) atoms. The number of hydrogen-bond donors (Lipinski definition) is 1. The molecule has 2 aromatic rings. The SMILES string of the molecule is O=C(COc1ccc(Br)cc1F)Nc1ccc([N+](=O)[O-])cc1Cl. The minimum absolute atomic E-state index is 0.0161. The molecule has 0 spiro atoms. The molecular weight excluding hydrogens is 395 g/mol. The Bertz CT molecular complexity index is 772. The molecule has 0 aliphatic carbocycles. The van der Waals surface area contributed by atoms with Gasteiger partial charge >= 0.3 is 0 Å². The molecular formula is C14H9BrClFN2O4. The van der Waals surface area contributed by atoms with Crippen LogP contribution in [-0.4, -0.2) is 17.4 Å². The van der Waals surface area contributed by atoms with Crippen molar-refractivity contribution in [3.8, 4) is 5.75 Å². The Morgan fingerprint density at radius 3 is 2.70 bits per heavy atom. The topological polar surface area (TPSA) is 81.5 Å². The molecule has 0 radical (unpaired) electrons. The minimum Gasteiger partial charge on any atom is -0.481 e. The largest absolute Gasteiger partial charge is 0.481 e. The zero-order chi connectivity index (χ0) is 17.0. The van der Waals surface area contributed by atoms with Crippen LogP contribution in [0.2, 0.25) is 5.02 Å². The smallest absolute Gasteiger partial charge is 0.271 e. The summed E-state index contributed by atoms with van der Waals surface area (Å²) < 4.78 is 19.2. The van der Waals surface area contributed by atoms with Gasteiger partial charge in [0, 0.05) is 16.6 Å². The molecule has 2 rings (SSSR count). The standard InChI is InChI=1S/C14H9BrClFN2O4/c15-8-1-4-13(11(17)5-8)23-7-14(20)18-12-3-2-9(19(21)22)6-10(12)16/h1-6H,7H2,(H,18,20). The van der Waals surface area contributed by atoms with Gasteiger partial charge < -0.3 is 10.1 Å². The Morgan fingerprint density at radius 2 is 2.09 bits per heavy atom. The highest BCUT2D eigenvalue weighted by molar-refractivity contribution is 9.10. The van der Waals surface area contributed by atoms with Crippen molar-refractivity contribution >= 4 is 44.8 Å². The first-order chi connectivity index (χ1) is 10.9. The van der Waals surface area contributed by atoms with Gasteiger partial charge in [-0.25, -0.2) is 4.39 Å². The number of benzene rings is 2. The highest BCUT2D eigenvalue weighted by Crippen LogP contribution is 2.26. The van der Waals surface area contributed by atoms with Gasteiger partial charge in [0.05, 0.1) is 15.6 Å². The first kappa shape index (κ1) is 17.2. The van der Waals surface area contributed by atoms with E-state index in [4.69, 9.17) is 16.3 Å². The number of nitrogens with one attached hydrogen (secondary N) is 1. The Balaban J connectivity index is 1.98. The Morgan fingerprint density at radius 1 is 1.35 bits per heavy atom. The normalized spacial score (nSPS) is 10.2. The van der Waals surface area contributed by atoms with Crippen molar-refractivity contribution in [3.05, 3.63) is 61.8 Å². The average molecular weight is 404 g/mol. The molecule has 0 fully saturated rings. The van der Waals surface area contributed by atoms with Crippen LogP contribution in [0.15, 0.2) is 40.9 Å². The minimum atomic E-state index is -0.611. The third-order valence-electron chi connectivity index (χ3n) is 2.69. The maximum absolute atomic E-state index is 13.5. The Kier molecular flexibility index (Phi) is 5.51. The number of nitro groups is 1. The number of rotatable bonds is 5. The number of non-ortho nitro benzene ring substituents is 1. The van der Waals surface area contributed by atoms with E-state index in [2.05, 4.69) is 21.2 Å². The first-order valence-corrected chi connectivity index (χ1v) is 7.35. The third kappa shape index (κ3) is 4.64. The van der Waals surface area contributed by atoms with Crippen LogP contribution in [0.25, 0.3) is 0 Å². The van der Waals surface area contributed by atoms with E-state index in [1.807, 2.05) is 0 Å². The van der Waals surface area contributed by atoms with E-state index < -0.39 is 23.3 Å². The summed E-state index contributed by atoms with van der Waals surface area (Å²) in [6.45, 7) is -0.439. The molecule has 6 nitrogen and oxygen atoms in total. The van der Waals surface area contributed by atoms with Crippen molar-refractivity contribution < 1.29 is 18.8 Å². The number of carbonyl (C=O) groups excluding carboxylic acids is 1. The van der Waals surface area contributed by atoms with Gasteiger partial charge in [0.25, 0.3) is 11.6 Å². The summed E-state index contributed by atoms with van der Waals surface area (Å²) in [6.07, 6.45) is 0. The summed E-state index contributed by atoms with van der Waals surface area (Å²) in [7, 11) is 0. The number of halogens is 3. The van der Waals surface area contributed by atoms with Gasteiger partial charge in [-0.15, -0.1) is 0 Å². The fourth-order valence-electron chi connectivity index (χ4n) is 1.64. The van der Waals surface area contributed by atoms with E-state index in [0.717, 1.165) is 6.07 Å². The van der Waals surface area contributed by atoms with E-state index in [1.54, 1.807) is 6.07 Å². The maximum atomic E-state index is 13.5. The fourth-order valence-corrected chi connectivity index (χ4v) is 2.20. The maximum Gasteiger partial charge on any atom is 0.271 e. The lowest BCUT2D eigenvalue weighted by Gasteiger charge is -2.09. The number of nitro benzene ring substituents is 1. The molecule has 0 bridgehead atoms. The predicted octanol–water partition coefficient (Wildman–Crippen LogP) is 4.17. The Labute approximate surface area is 143 Å². The molecule has 0 aliphatic rings. The van der Waals surface area contributed by atoms with Crippen LogP contribution >= 0.6 is 27.5 Å². The number of amides is 1. The summed E-state index contributed by atoms with van der Waals surface area (Å²) >= 11 is 8.96. The lowest BCUT2D eigenvalue weighted by Crippen LogP contribution is -2.20. The van der Waals surface area contributed by atoms with Crippen molar-refractivity contribution in [2.75, 3.05) is 11.9 Å². The number of ether oxygens (including phenoxy) is 1. The van der Waals surface area contributed by atoms with Crippen molar-refractivity contribution in [1.29, 1.82) is 0 Å². The van der Waals surface area contributed by atoms with Gasteiger partial charge in [0.15, 0.2) is 18.2 Å². The number of nitrogens with zero attached hydrogens (tertiary/aromatic N) is 1. The van der Waals surface area contributed by atoms with Crippen LogP contribution in [0.3, 0.4) is 0 Å². The molecule has 120 valence electrons. The lowest BCUT2D eigenvalue weighted by molar-refractivity contribution is -0.384. The van der Waals surface area contributed by atoms with Crippen LogP contribution < -0.4 is 10.1 Å². The second kappa shape index (κ2) is 7.38. The fraction of sp³-hybridized carbons (Fsp3) is 0.0714. The highest BCUT2D eigenvalue weighted by atomic mass is 79.9. The zero-order valence-electron chi connectivity index (χ0n) is 11.4. The quantitative estimate of drug-likeness (QED) is 0.600. The van der Waals surface area contributed by atoms with Crippen molar-refractivity contribution in [3.63, 3.8) is 0 Å². The van der Waals surface area contributed by atoms with Crippen molar-refractivity contribution in [2.45, 2.75) is 0 Å². The van der Waals surface area contributed by atoms with Crippen LogP contribution in [0.1, 0.15) is 0 Å². The second-order valence-corrected chi connectivity index (χ2v) is 5.66. The second-order valence-electron chi connectivity index (χ2n) is 4.33. The molecule has 0 saturated heterocycles. The van der Waals surface area contributed by atoms with Gasteiger partial charge in [0.2, 0.25) is 0 Å². The average Bonchev–Trinajstić information content (AvgIpc) is 2.48. The van der Waals surface area contributed by atoms with Crippen molar-refractivity contribution in [1.82, 2.24) is 0 Å². The van der Waals surface area contributed by atoms with E-state index in [1.165, 1.54) is 24.3 Å². The van der Waals surface area contributed by atoms with Crippen LogP contribution in [0.4, 0.5) is 15.8 Å². The van der Waals surface area contributed by atoms with Gasteiger partial charge in [-0.2, -0.15) is 0 Å². The summed E-state index contributed by atoms with van der Waals surface area (Å²) in [6, 6.07) is 7.79. The molecule has 0 aromatic heterocycles. The van der Waals surface area contributed by atoms with E-state index >= 15 is 0 Å². The van der Waals surface area contributed by atoms with Crippen molar-refractivity contribution in [2.24, 2.45) is 0 Å². The van der Waals surface area contributed by atoms with Crippen LogP contribution in [0, 0.1) is 15.9 Å². The predicted molar refractivity (Wildman–Crippen MR) is 86.3 cm³/mol. The number of anilines is 1. The molecule has 9 heteroatoms. The molecule has 1 N–H and O–H groups in total. The van der Waals surface area contributed by atoms with Gasteiger partial charge in [-0.3, -0.25) is 14.9 Å². The summed E-state index contributed by atoms with van der Waals surface area (Å²) in [5.41, 5.74) is 0.00308. The molecule has 1 amide bonds. The molecule has 0 unspecified atom stereocenters. The third-order valence-corrected chi connectivity index (χ3v) is 3.50. The van der Waals surface area contributed by atoms with Gasteiger partial charge in [-0.1, -0.05) is 27.5 Å². The van der Waals surface area contributed by atoms with Gasteiger partial charge in [-0.05, 0) is 24.3 Å².